The van der Waals surface area contributed by atoms with Gasteiger partial charge in [-0.3, -0.25) is 10.1 Å². The Kier molecular flexibility index (Phi) is 5.93. The topological polar surface area (TPSA) is 73.3 Å². The number of carbonyl (C=O) groups excluding carboxylic acids is 1. The zero-order valence-corrected chi connectivity index (χ0v) is 16.6. The highest BCUT2D eigenvalue weighted by molar-refractivity contribution is 7.16. The highest BCUT2D eigenvalue weighted by Crippen LogP contribution is 2.31. The molecule has 1 aromatic carbocycles. The number of nitrogens with one attached hydrogen (secondary N) is 1. The summed E-state index contributed by atoms with van der Waals surface area (Å²) in [5.74, 6) is 0.688. The first-order valence-electron chi connectivity index (χ1n) is 8.24. The number of carbonyl (C=O) groups is 1. The van der Waals surface area contributed by atoms with Gasteiger partial charge in [0.2, 0.25) is 5.88 Å². The number of halogens is 1. The Morgan fingerprint density at radius 2 is 1.93 bits per heavy atom. The highest BCUT2D eigenvalue weighted by Gasteiger charge is 2.17. The molecule has 0 aliphatic heterocycles. The summed E-state index contributed by atoms with van der Waals surface area (Å²) < 4.78 is 10.5. The van der Waals surface area contributed by atoms with Gasteiger partial charge in [-0.1, -0.05) is 11.6 Å². The Hall–Kier alpha value is -2.64. The van der Waals surface area contributed by atoms with Crippen molar-refractivity contribution in [2.75, 3.05) is 19.0 Å². The second-order valence-electron chi connectivity index (χ2n) is 5.52. The van der Waals surface area contributed by atoms with Crippen LogP contribution in [0.15, 0.2) is 36.4 Å². The summed E-state index contributed by atoms with van der Waals surface area (Å²) in [4.78, 5) is 22.2. The molecule has 0 saturated heterocycles. The van der Waals surface area contributed by atoms with Crippen LogP contribution in [-0.2, 0) is 0 Å². The third-order valence-corrected chi connectivity index (χ3v) is 4.90. The van der Waals surface area contributed by atoms with Crippen molar-refractivity contribution in [1.82, 2.24) is 9.97 Å². The molecule has 0 unspecified atom stereocenters. The second kappa shape index (κ2) is 8.37. The van der Waals surface area contributed by atoms with Crippen molar-refractivity contribution in [3.63, 3.8) is 0 Å². The maximum Gasteiger partial charge on any atom is 0.277 e. The molecule has 6 nitrogen and oxygen atoms in total. The molecule has 2 heterocycles. The van der Waals surface area contributed by atoms with Gasteiger partial charge < -0.3 is 9.47 Å². The summed E-state index contributed by atoms with van der Waals surface area (Å²) in [7, 11) is 1.62. The van der Waals surface area contributed by atoms with Gasteiger partial charge >= 0.3 is 0 Å². The van der Waals surface area contributed by atoms with E-state index in [2.05, 4.69) is 15.3 Å². The molecule has 1 N–H and O–H groups in total. The molecule has 0 aliphatic carbocycles. The van der Waals surface area contributed by atoms with Crippen molar-refractivity contribution < 1.29 is 14.3 Å². The number of methoxy groups -OCH3 is 1. The molecule has 140 valence electrons. The van der Waals surface area contributed by atoms with Crippen molar-refractivity contribution in [1.29, 1.82) is 0 Å². The number of hydrogen-bond donors (Lipinski definition) is 1. The normalized spacial score (nSPS) is 10.5. The first-order chi connectivity index (χ1) is 13.0. The van der Waals surface area contributed by atoms with Crippen LogP contribution in [0.1, 0.15) is 22.3 Å². The Morgan fingerprint density at radius 3 is 2.59 bits per heavy atom. The Labute approximate surface area is 166 Å². The molecule has 0 radical (unpaired) electrons. The fraction of sp³-hybridized carbons (Fsp3) is 0.211. The van der Waals surface area contributed by atoms with Gasteiger partial charge in [0.1, 0.15) is 5.75 Å². The molecule has 1 amide bonds. The van der Waals surface area contributed by atoms with Gasteiger partial charge in [-0.25, -0.2) is 9.97 Å². The van der Waals surface area contributed by atoms with Gasteiger partial charge in [0, 0.05) is 16.5 Å². The summed E-state index contributed by atoms with van der Waals surface area (Å²) in [5.41, 5.74) is 1.85. The minimum atomic E-state index is -0.434. The number of benzene rings is 1. The monoisotopic (exact) mass is 403 g/mol. The molecule has 0 bridgehead atoms. The molecule has 3 aromatic rings. The molecule has 0 spiro atoms. The average molecular weight is 404 g/mol. The lowest BCUT2D eigenvalue weighted by atomic mass is 10.1. The van der Waals surface area contributed by atoms with Crippen molar-refractivity contribution in [2.24, 2.45) is 0 Å². The van der Waals surface area contributed by atoms with Crippen LogP contribution in [0.5, 0.6) is 11.6 Å². The van der Waals surface area contributed by atoms with Crippen LogP contribution in [0.25, 0.3) is 11.3 Å². The number of ether oxygens (including phenoxy) is 2. The average Bonchev–Trinajstić information content (AvgIpc) is 3.03. The standard InChI is InChI=1S/C19H18ClN3O3S/c1-4-26-15-10-9-14(20)17(21-15)18(24)23-19-22-16(11(2)27-19)12-5-7-13(25-3)8-6-12/h5-10H,4H2,1-3H3,(H,22,23,24). The first-order valence-corrected chi connectivity index (χ1v) is 9.43. The van der Waals surface area contributed by atoms with Gasteiger partial charge in [-0.15, -0.1) is 11.3 Å². The lowest BCUT2D eigenvalue weighted by Crippen LogP contribution is -2.14. The van der Waals surface area contributed by atoms with Gasteiger partial charge in [0.05, 0.1) is 24.4 Å². The number of aryl methyl sites for hydroxylation is 1. The van der Waals surface area contributed by atoms with Crippen molar-refractivity contribution in [3.8, 4) is 22.9 Å². The molecule has 3 rings (SSSR count). The van der Waals surface area contributed by atoms with E-state index in [4.69, 9.17) is 21.1 Å². The minimum Gasteiger partial charge on any atom is -0.497 e. The minimum absolute atomic E-state index is 0.0986. The first kappa shape index (κ1) is 19.1. The van der Waals surface area contributed by atoms with E-state index in [1.807, 2.05) is 38.1 Å². The third-order valence-electron chi connectivity index (χ3n) is 3.71. The SMILES string of the molecule is CCOc1ccc(Cl)c(C(=O)Nc2nc(-c3ccc(OC)cc3)c(C)s2)n1. The highest BCUT2D eigenvalue weighted by atomic mass is 35.5. The molecular formula is C19H18ClN3O3S. The van der Waals surface area contributed by atoms with Crippen molar-refractivity contribution in [2.45, 2.75) is 13.8 Å². The lowest BCUT2D eigenvalue weighted by Gasteiger charge is -2.06. The molecule has 0 saturated carbocycles. The van der Waals surface area contributed by atoms with Crippen LogP contribution in [0.3, 0.4) is 0 Å². The number of pyridine rings is 1. The number of anilines is 1. The molecule has 2 aromatic heterocycles. The number of amides is 1. The number of nitrogens with zero attached hydrogens (tertiary/aromatic N) is 2. The fourth-order valence-corrected chi connectivity index (χ4v) is 3.46. The largest absolute Gasteiger partial charge is 0.497 e. The smallest absolute Gasteiger partial charge is 0.277 e. The maximum atomic E-state index is 12.6. The molecular weight excluding hydrogens is 386 g/mol. The van der Waals surface area contributed by atoms with Gasteiger partial charge in [0.25, 0.3) is 5.91 Å². The van der Waals surface area contributed by atoms with Gasteiger partial charge in [-0.2, -0.15) is 0 Å². The van der Waals surface area contributed by atoms with Crippen LogP contribution in [-0.4, -0.2) is 29.6 Å². The third kappa shape index (κ3) is 4.37. The van der Waals surface area contributed by atoms with E-state index in [9.17, 15) is 4.79 Å². The van der Waals surface area contributed by atoms with E-state index in [1.54, 1.807) is 19.2 Å². The van der Waals surface area contributed by atoms with E-state index in [0.29, 0.717) is 17.6 Å². The van der Waals surface area contributed by atoms with Crippen LogP contribution < -0.4 is 14.8 Å². The van der Waals surface area contributed by atoms with Gasteiger partial charge in [-0.05, 0) is 44.2 Å². The summed E-state index contributed by atoms with van der Waals surface area (Å²) >= 11 is 7.50. The molecule has 0 fully saturated rings. The molecule has 0 atom stereocenters. The van der Waals surface area contributed by atoms with Crippen LogP contribution in [0, 0.1) is 6.92 Å². The zero-order valence-electron chi connectivity index (χ0n) is 15.1. The molecule has 0 aliphatic rings. The van der Waals surface area contributed by atoms with Crippen LogP contribution >= 0.6 is 22.9 Å². The predicted octanol–water partition coefficient (Wildman–Crippen LogP) is 4.83. The summed E-state index contributed by atoms with van der Waals surface area (Å²) in [6.07, 6.45) is 0. The van der Waals surface area contributed by atoms with E-state index in [-0.39, 0.29) is 10.7 Å². The zero-order chi connectivity index (χ0) is 19.4. The van der Waals surface area contributed by atoms with E-state index in [0.717, 1.165) is 21.9 Å². The summed E-state index contributed by atoms with van der Waals surface area (Å²) in [5, 5.41) is 3.49. The number of thiazole rings is 1. The fourth-order valence-electron chi connectivity index (χ4n) is 2.43. The Balaban J connectivity index is 1.82. The van der Waals surface area contributed by atoms with Crippen molar-refractivity contribution in [3.05, 3.63) is 52.0 Å². The van der Waals surface area contributed by atoms with Crippen LogP contribution in [0.2, 0.25) is 5.02 Å². The van der Waals surface area contributed by atoms with E-state index >= 15 is 0 Å². The van der Waals surface area contributed by atoms with E-state index in [1.165, 1.54) is 11.3 Å². The Bertz CT molecular complexity index is 957. The van der Waals surface area contributed by atoms with Gasteiger partial charge in [0.15, 0.2) is 10.8 Å². The molecule has 27 heavy (non-hydrogen) atoms. The Morgan fingerprint density at radius 1 is 1.19 bits per heavy atom. The number of aromatic nitrogens is 2. The second-order valence-corrected chi connectivity index (χ2v) is 7.13. The molecule has 8 heteroatoms. The number of hydrogen-bond acceptors (Lipinski definition) is 6. The lowest BCUT2D eigenvalue weighted by molar-refractivity contribution is 0.102. The van der Waals surface area contributed by atoms with Crippen molar-refractivity contribution >= 4 is 34.0 Å². The summed E-state index contributed by atoms with van der Waals surface area (Å²) in [6, 6.07) is 10.8. The van der Waals surface area contributed by atoms with Crippen LogP contribution in [0.4, 0.5) is 5.13 Å². The van der Waals surface area contributed by atoms with E-state index < -0.39 is 5.91 Å². The summed E-state index contributed by atoms with van der Waals surface area (Å²) in [6.45, 7) is 4.25. The predicted molar refractivity (Wildman–Crippen MR) is 107 cm³/mol. The number of rotatable bonds is 6. The maximum absolute atomic E-state index is 12.6. The quantitative estimate of drug-likeness (QED) is 0.638.